The zero-order valence-electron chi connectivity index (χ0n) is 14.6. The van der Waals surface area contributed by atoms with Crippen molar-refractivity contribution in [3.8, 4) is 5.75 Å². The third-order valence-electron chi connectivity index (χ3n) is 3.89. The Hall–Kier alpha value is -2.60. The van der Waals surface area contributed by atoms with Crippen LogP contribution in [0.5, 0.6) is 5.75 Å². The minimum Gasteiger partial charge on any atom is -0.474 e. The van der Waals surface area contributed by atoms with Gasteiger partial charge in [0.05, 0.1) is 11.0 Å². The van der Waals surface area contributed by atoms with Crippen molar-refractivity contribution >= 4 is 23.2 Å². The highest BCUT2D eigenvalue weighted by molar-refractivity contribution is 6.30. The number of nitrogens with one attached hydrogen (secondary N) is 1. The van der Waals surface area contributed by atoms with E-state index in [1.807, 2.05) is 37.3 Å². The summed E-state index contributed by atoms with van der Waals surface area (Å²) in [7, 11) is 0. The van der Waals surface area contributed by atoms with Gasteiger partial charge in [-0.3, -0.25) is 14.9 Å². The fraction of sp³-hybridized carbons (Fsp3) is 0.316. The molecule has 0 aliphatic heterocycles. The second-order valence-corrected chi connectivity index (χ2v) is 6.33. The molecule has 2 aromatic rings. The number of carbonyl (C=O) groups excluding carboxylic acids is 1. The minimum atomic E-state index is -0.891. The second kappa shape index (κ2) is 9.20. The van der Waals surface area contributed by atoms with Gasteiger partial charge in [0.1, 0.15) is 0 Å². The van der Waals surface area contributed by atoms with Crippen molar-refractivity contribution in [1.82, 2.24) is 5.32 Å². The minimum absolute atomic E-state index is 0.00815. The molecule has 0 heterocycles. The molecule has 0 aliphatic carbocycles. The van der Waals surface area contributed by atoms with Crippen LogP contribution < -0.4 is 10.1 Å². The van der Waals surface area contributed by atoms with Gasteiger partial charge >= 0.3 is 5.69 Å². The van der Waals surface area contributed by atoms with E-state index in [2.05, 4.69) is 5.32 Å². The summed E-state index contributed by atoms with van der Waals surface area (Å²) in [6, 6.07) is 13.6. The first kappa shape index (κ1) is 19.7. The van der Waals surface area contributed by atoms with Crippen LogP contribution in [0.3, 0.4) is 0 Å². The van der Waals surface area contributed by atoms with E-state index in [-0.39, 0.29) is 28.4 Å². The molecule has 0 fully saturated rings. The first-order valence-corrected chi connectivity index (χ1v) is 8.76. The summed E-state index contributed by atoms with van der Waals surface area (Å²) in [5.41, 5.74) is 0.734. The highest BCUT2D eigenvalue weighted by Crippen LogP contribution is 2.30. The molecule has 7 heteroatoms. The molecule has 26 heavy (non-hydrogen) atoms. The Morgan fingerprint density at radius 3 is 2.58 bits per heavy atom. The van der Waals surface area contributed by atoms with E-state index in [1.54, 1.807) is 6.92 Å². The third-order valence-corrected chi connectivity index (χ3v) is 4.12. The maximum Gasteiger partial charge on any atom is 0.312 e. The van der Waals surface area contributed by atoms with Crippen LogP contribution in [0.2, 0.25) is 5.02 Å². The standard InChI is InChI=1S/C19H21ClN2O4/c1-3-7-16(14-8-5-4-6-9-14)21-19(23)13(2)26-18-11-10-15(20)12-17(18)22(24)25/h4-6,8-13,16H,3,7H2,1-2H3,(H,21,23)/t13-,16-/m0/s1. The average Bonchev–Trinajstić information content (AvgIpc) is 2.63. The number of ether oxygens (including phenoxy) is 1. The summed E-state index contributed by atoms with van der Waals surface area (Å²) in [5.74, 6) is -0.328. The lowest BCUT2D eigenvalue weighted by atomic mass is 10.0. The van der Waals surface area contributed by atoms with Gasteiger partial charge in [-0.15, -0.1) is 0 Å². The number of benzene rings is 2. The molecular formula is C19H21ClN2O4. The zero-order chi connectivity index (χ0) is 19.1. The van der Waals surface area contributed by atoms with Gasteiger partial charge in [0.15, 0.2) is 11.9 Å². The summed E-state index contributed by atoms with van der Waals surface area (Å²) in [6.07, 6.45) is 0.791. The fourth-order valence-electron chi connectivity index (χ4n) is 2.56. The largest absolute Gasteiger partial charge is 0.474 e. The van der Waals surface area contributed by atoms with Gasteiger partial charge in [-0.2, -0.15) is 0 Å². The first-order valence-electron chi connectivity index (χ1n) is 8.38. The SMILES string of the molecule is CCC[C@H](NC(=O)[C@H](C)Oc1ccc(Cl)cc1[N+](=O)[O-])c1ccccc1. The third kappa shape index (κ3) is 5.20. The van der Waals surface area contributed by atoms with Crippen LogP contribution >= 0.6 is 11.6 Å². The van der Waals surface area contributed by atoms with Gasteiger partial charge < -0.3 is 10.1 Å². The molecule has 0 aliphatic rings. The van der Waals surface area contributed by atoms with Crippen LogP contribution in [-0.4, -0.2) is 16.9 Å². The molecule has 1 N–H and O–H groups in total. The highest BCUT2D eigenvalue weighted by Gasteiger charge is 2.23. The Balaban J connectivity index is 2.10. The van der Waals surface area contributed by atoms with Crippen molar-refractivity contribution in [2.24, 2.45) is 0 Å². The van der Waals surface area contributed by atoms with Gasteiger partial charge in [0.2, 0.25) is 0 Å². The van der Waals surface area contributed by atoms with Crippen LogP contribution in [0.15, 0.2) is 48.5 Å². The number of hydrogen-bond acceptors (Lipinski definition) is 4. The van der Waals surface area contributed by atoms with Crippen molar-refractivity contribution in [2.75, 3.05) is 0 Å². The maximum absolute atomic E-state index is 12.5. The molecular weight excluding hydrogens is 356 g/mol. The van der Waals surface area contributed by atoms with E-state index in [1.165, 1.54) is 18.2 Å². The zero-order valence-corrected chi connectivity index (χ0v) is 15.4. The quantitative estimate of drug-likeness (QED) is 0.536. The molecule has 0 radical (unpaired) electrons. The topological polar surface area (TPSA) is 81.5 Å². The lowest BCUT2D eigenvalue weighted by Crippen LogP contribution is -2.38. The van der Waals surface area contributed by atoms with E-state index in [0.29, 0.717) is 0 Å². The molecule has 0 saturated heterocycles. The Bertz CT molecular complexity index is 767. The van der Waals surface area contributed by atoms with Gasteiger partial charge in [0, 0.05) is 11.1 Å². The summed E-state index contributed by atoms with van der Waals surface area (Å²) >= 11 is 5.79. The smallest absolute Gasteiger partial charge is 0.312 e. The van der Waals surface area contributed by atoms with E-state index in [4.69, 9.17) is 16.3 Å². The van der Waals surface area contributed by atoms with Crippen molar-refractivity contribution < 1.29 is 14.5 Å². The fourth-order valence-corrected chi connectivity index (χ4v) is 2.73. The average molecular weight is 377 g/mol. The van der Waals surface area contributed by atoms with Crippen molar-refractivity contribution in [3.05, 3.63) is 69.2 Å². The number of nitrogens with zero attached hydrogens (tertiary/aromatic N) is 1. The monoisotopic (exact) mass is 376 g/mol. The number of hydrogen-bond donors (Lipinski definition) is 1. The summed E-state index contributed by atoms with van der Waals surface area (Å²) in [4.78, 5) is 23.1. The summed E-state index contributed by atoms with van der Waals surface area (Å²) in [5, 5.41) is 14.3. The summed E-state index contributed by atoms with van der Waals surface area (Å²) in [6.45, 7) is 3.60. The number of halogens is 1. The number of nitro benzene ring substituents is 1. The Labute approximate surface area is 157 Å². The summed E-state index contributed by atoms with van der Waals surface area (Å²) < 4.78 is 5.53. The van der Waals surface area contributed by atoms with E-state index >= 15 is 0 Å². The van der Waals surface area contributed by atoms with Crippen molar-refractivity contribution in [2.45, 2.75) is 38.8 Å². The predicted octanol–water partition coefficient (Wildman–Crippen LogP) is 4.67. The lowest BCUT2D eigenvalue weighted by molar-refractivity contribution is -0.386. The van der Waals surface area contributed by atoms with E-state index < -0.39 is 11.0 Å². The maximum atomic E-state index is 12.5. The van der Waals surface area contributed by atoms with Crippen LogP contribution in [0.1, 0.15) is 38.3 Å². The molecule has 6 nitrogen and oxygen atoms in total. The van der Waals surface area contributed by atoms with E-state index in [0.717, 1.165) is 18.4 Å². The molecule has 0 bridgehead atoms. The second-order valence-electron chi connectivity index (χ2n) is 5.89. The molecule has 2 rings (SSSR count). The van der Waals surface area contributed by atoms with Crippen LogP contribution in [0.4, 0.5) is 5.69 Å². The molecule has 2 atom stereocenters. The predicted molar refractivity (Wildman–Crippen MR) is 100 cm³/mol. The number of carbonyl (C=O) groups is 1. The van der Waals surface area contributed by atoms with Crippen LogP contribution in [-0.2, 0) is 4.79 Å². The Morgan fingerprint density at radius 1 is 1.27 bits per heavy atom. The Kier molecular flexibility index (Phi) is 6.97. The first-order chi connectivity index (χ1) is 12.4. The van der Waals surface area contributed by atoms with Crippen molar-refractivity contribution in [1.29, 1.82) is 0 Å². The molecule has 0 saturated carbocycles. The van der Waals surface area contributed by atoms with Crippen LogP contribution in [0.25, 0.3) is 0 Å². The molecule has 0 unspecified atom stereocenters. The molecule has 1 amide bonds. The molecule has 2 aromatic carbocycles. The number of amides is 1. The highest BCUT2D eigenvalue weighted by atomic mass is 35.5. The number of nitro groups is 1. The van der Waals surface area contributed by atoms with Crippen molar-refractivity contribution in [3.63, 3.8) is 0 Å². The van der Waals surface area contributed by atoms with E-state index in [9.17, 15) is 14.9 Å². The van der Waals surface area contributed by atoms with Gasteiger partial charge in [-0.1, -0.05) is 55.3 Å². The van der Waals surface area contributed by atoms with Gasteiger partial charge in [0.25, 0.3) is 5.91 Å². The van der Waals surface area contributed by atoms with Gasteiger partial charge in [-0.05, 0) is 31.0 Å². The van der Waals surface area contributed by atoms with Gasteiger partial charge in [-0.25, -0.2) is 0 Å². The number of rotatable bonds is 8. The molecule has 0 spiro atoms. The lowest BCUT2D eigenvalue weighted by Gasteiger charge is -2.21. The van der Waals surface area contributed by atoms with Crippen LogP contribution in [0, 0.1) is 10.1 Å². The molecule has 0 aromatic heterocycles. The molecule has 138 valence electrons. The normalized spacial score (nSPS) is 12.9. The Morgan fingerprint density at radius 2 is 1.96 bits per heavy atom.